The molecule has 2 amide bonds. The minimum atomic E-state index is -4.47. The maximum Gasteiger partial charge on any atom is 0.416 e. The molecule has 30 heavy (non-hydrogen) atoms. The number of benzene rings is 2. The lowest BCUT2D eigenvalue weighted by molar-refractivity contribution is -0.137. The Labute approximate surface area is 172 Å². The highest BCUT2D eigenvalue weighted by molar-refractivity contribution is 5.90. The Hall–Kier alpha value is -2.74. The van der Waals surface area contributed by atoms with E-state index in [9.17, 15) is 23.1 Å². The Balaban J connectivity index is 1.55. The number of aliphatic hydroxyl groups excluding tert-OH is 1. The summed E-state index contributed by atoms with van der Waals surface area (Å²) in [6, 6.07) is 7.88. The number of anilines is 1. The van der Waals surface area contributed by atoms with Crippen molar-refractivity contribution in [2.45, 2.75) is 57.0 Å². The van der Waals surface area contributed by atoms with Gasteiger partial charge in [0.2, 0.25) is 0 Å². The van der Waals surface area contributed by atoms with Gasteiger partial charge in [0.05, 0.1) is 17.7 Å². The molecule has 0 saturated carbocycles. The van der Waals surface area contributed by atoms with Crippen molar-refractivity contribution in [2.24, 2.45) is 0 Å². The van der Waals surface area contributed by atoms with Crippen molar-refractivity contribution in [3.63, 3.8) is 0 Å². The lowest BCUT2D eigenvalue weighted by Crippen LogP contribution is -2.42. The van der Waals surface area contributed by atoms with Crippen molar-refractivity contribution in [1.82, 2.24) is 5.32 Å². The Morgan fingerprint density at radius 2 is 1.97 bits per heavy atom. The fourth-order valence-electron chi connectivity index (χ4n) is 4.22. The number of carbonyl (C=O) groups is 1. The monoisotopic (exact) mass is 420 g/mol. The Bertz CT molecular complexity index is 988. The van der Waals surface area contributed by atoms with Gasteiger partial charge in [-0.25, -0.2) is 4.79 Å². The standard InChI is InChI=1S/C22H23F3N2O3/c1-21(2)11-18(15-7-6-13(22(23,24)25)9-19(15)30-21)27-20(29)26-17-5-3-4-12-8-14(28)10-16(12)17/h3-7,9,14,18,28H,8,10-11H2,1-2H3,(H2,26,27,29)/t14-,18+/m0/s1. The highest BCUT2D eigenvalue weighted by atomic mass is 19.4. The second kappa shape index (κ2) is 7.19. The van der Waals surface area contributed by atoms with E-state index in [-0.39, 0.29) is 5.75 Å². The lowest BCUT2D eigenvalue weighted by Gasteiger charge is -2.38. The molecule has 2 aromatic carbocycles. The summed E-state index contributed by atoms with van der Waals surface area (Å²) in [5.41, 5.74) is 1.50. The van der Waals surface area contributed by atoms with Crippen LogP contribution in [0.5, 0.6) is 5.75 Å². The van der Waals surface area contributed by atoms with Crippen molar-refractivity contribution in [3.05, 3.63) is 58.7 Å². The molecular weight excluding hydrogens is 397 g/mol. The fraction of sp³-hybridized carbons (Fsp3) is 0.409. The van der Waals surface area contributed by atoms with Gasteiger partial charge in [-0.2, -0.15) is 13.2 Å². The van der Waals surface area contributed by atoms with Crippen LogP contribution in [-0.4, -0.2) is 22.8 Å². The molecule has 1 heterocycles. The molecule has 8 heteroatoms. The van der Waals surface area contributed by atoms with Crippen LogP contribution in [0.15, 0.2) is 36.4 Å². The number of aliphatic hydroxyl groups is 1. The molecule has 1 aliphatic carbocycles. The average Bonchev–Trinajstić information content (AvgIpc) is 3.00. The Kier molecular flexibility index (Phi) is 4.92. The van der Waals surface area contributed by atoms with E-state index in [0.29, 0.717) is 30.5 Å². The molecule has 2 aromatic rings. The third-order valence-electron chi connectivity index (χ3n) is 5.52. The predicted molar refractivity (Wildman–Crippen MR) is 106 cm³/mol. The van der Waals surface area contributed by atoms with Gasteiger partial charge in [-0.15, -0.1) is 0 Å². The zero-order valence-electron chi connectivity index (χ0n) is 16.6. The van der Waals surface area contributed by atoms with Crippen LogP contribution in [0, 0.1) is 0 Å². The van der Waals surface area contributed by atoms with Crippen molar-refractivity contribution < 1.29 is 27.8 Å². The minimum Gasteiger partial charge on any atom is -0.487 e. The highest BCUT2D eigenvalue weighted by Gasteiger charge is 2.38. The van der Waals surface area contributed by atoms with Crippen LogP contribution >= 0.6 is 0 Å². The Morgan fingerprint density at radius 1 is 1.20 bits per heavy atom. The minimum absolute atomic E-state index is 0.120. The summed E-state index contributed by atoms with van der Waals surface area (Å²) < 4.78 is 45.0. The summed E-state index contributed by atoms with van der Waals surface area (Å²) >= 11 is 0. The SMILES string of the molecule is CC1(C)C[C@@H](NC(=O)Nc2cccc3c2C[C@@H](O)C3)c2ccc(C(F)(F)F)cc2O1. The van der Waals surface area contributed by atoms with Crippen LogP contribution in [-0.2, 0) is 19.0 Å². The summed E-state index contributed by atoms with van der Waals surface area (Å²) in [6.45, 7) is 3.54. The molecule has 0 aromatic heterocycles. The number of urea groups is 1. The first-order valence-electron chi connectivity index (χ1n) is 9.78. The van der Waals surface area contributed by atoms with Gasteiger partial charge in [-0.1, -0.05) is 18.2 Å². The molecule has 160 valence electrons. The normalized spacial score (nSPS) is 21.9. The highest BCUT2D eigenvalue weighted by Crippen LogP contribution is 2.42. The van der Waals surface area contributed by atoms with Gasteiger partial charge in [0.25, 0.3) is 0 Å². The van der Waals surface area contributed by atoms with Crippen LogP contribution in [0.1, 0.15) is 48.6 Å². The lowest BCUT2D eigenvalue weighted by atomic mass is 9.89. The number of hydrogen-bond acceptors (Lipinski definition) is 3. The number of ether oxygens (including phenoxy) is 1. The van der Waals surface area contributed by atoms with E-state index in [4.69, 9.17) is 4.74 Å². The van der Waals surface area contributed by atoms with Crippen molar-refractivity contribution >= 4 is 11.7 Å². The summed E-state index contributed by atoms with van der Waals surface area (Å²) in [5.74, 6) is 0.120. The number of fused-ring (bicyclic) bond motifs is 2. The van der Waals surface area contributed by atoms with E-state index in [1.165, 1.54) is 6.07 Å². The molecule has 0 unspecified atom stereocenters. The maximum absolute atomic E-state index is 13.1. The summed E-state index contributed by atoms with van der Waals surface area (Å²) in [6.07, 6.45) is -3.51. The van der Waals surface area contributed by atoms with Gasteiger partial charge in [0.15, 0.2) is 0 Å². The molecular formula is C22H23F3N2O3. The molecule has 2 aliphatic rings. The maximum atomic E-state index is 13.1. The van der Waals surface area contributed by atoms with E-state index in [0.717, 1.165) is 23.3 Å². The third kappa shape index (κ3) is 4.09. The van der Waals surface area contributed by atoms with Crippen molar-refractivity contribution in [3.8, 4) is 5.75 Å². The van der Waals surface area contributed by atoms with Crippen LogP contribution in [0.25, 0.3) is 0 Å². The zero-order chi connectivity index (χ0) is 21.7. The molecule has 0 saturated heterocycles. The quantitative estimate of drug-likeness (QED) is 0.666. The summed E-state index contributed by atoms with van der Waals surface area (Å²) in [7, 11) is 0. The van der Waals surface area contributed by atoms with Gasteiger partial charge in [-0.05, 0) is 49.6 Å². The molecule has 1 aliphatic heterocycles. The van der Waals surface area contributed by atoms with E-state index in [2.05, 4.69) is 10.6 Å². The van der Waals surface area contributed by atoms with E-state index in [1.807, 2.05) is 12.1 Å². The van der Waals surface area contributed by atoms with Gasteiger partial charge in [0, 0.05) is 24.1 Å². The van der Waals surface area contributed by atoms with Crippen molar-refractivity contribution in [2.75, 3.05) is 5.32 Å². The molecule has 0 bridgehead atoms. The second-order valence-corrected chi connectivity index (χ2v) is 8.47. The number of carbonyl (C=O) groups excluding carboxylic acids is 1. The topological polar surface area (TPSA) is 70.6 Å². The summed E-state index contributed by atoms with van der Waals surface area (Å²) in [5, 5.41) is 15.6. The number of hydrogen-bond donors (Lipinski definition) is 3. The molecule has 0 fully saturated rings. The number of amides is 2. The van der Waals surface area contributed by atoms with Gasteiger partial charge in [0.1, 0.15) is 11.4 Å². The van der Waals surface area contributed by atoms with Gasteiger partial charge < -0.3 is 20.5 Å². The molecule has 4 rings (SSSR count). The van der Waals surface area contributed by atoms with Crippen LogP contribution < -0.4 is 15.4 Å². The number of alkyl halides is 3. The van der Waals surface area contributed by atoms with Gasteiger partial charge >= 0.3 is 12.2 Å². The smallest absolute Gasteiger partial charge is 0.416 e. The first-order chi connectivity index (χ1) is 14.0. The Morgan fingerprint density at radius 3 is 2.70 bits per heavy atom. The first kappa shape index (κ1) is 20.5. The number of rotatable bonds is 2. The number of halogens is 3. The molecule has 2 atom stereocenters. The van der Waals surface area contributed by atoms with Crippen LogP contribution in [0.3, 0.4) is 0 Å². The third-order valence-corrected chi connectivity index (χ3v) is 5.52. The van der Waals surface area contributed by atoms with Crippen LogP contribution in [0.4, 0.5) is 23.7 Å². The molecule has 0 radical (unpaired) electrons. The van der Waals surface area contributed by atoms with E-state index in [1.54, 1.807) is 19.9 Å². The largest absolute Gasteiger partial charge is 0.487 e. The van der Waals surface area contributed by atoms with Crippen LogP contribution in [0.2, 0.25) is 0 Å². The summed E-state index contributed by atoms with van der Waals surface area (Å²) in [4.78, 5) is 12.7. The van der Waals surface area contributed by atoms with Crippen molar-refractivity contribution in [1.29, 1.82) is 0 Å². The van der Waals surface area contributed by atoms with E-state index < -0.39 is 35.5 Å². The molecule has 0 spiro atoms. The predicted octanol–water partition coefficient (Wildman–Crippen LogP) is 4.59. The molecule has 5 nitrogen and oxygen atoms in total. The first-order valence-corrected chi connectivity index (χ1v) is 9.78. The average molecular weight is 420 g/mol. The zero-order valence-corrected chi connectivity index (χ0v) is 16.6. The fourth-order valence-corrected chi connectivity index (χ4v) is 4.22. The second-order valence-electron chi connectivity index (χ2n) is 8.47. The number of nitrogens with one attached hydrogen (secondary N) is 2. The van der Waals surface area contributed by atoms with E-state index >= 15 is 0 Å². The van der Waals surface area contributed by atoms with Gasteiger partial charge in [-0.3, -0.25) is 0 Å². The molecule has 3 N–H and O–H groups in total.